The predicted molar refractivity (Wildman–Crippen MR) is 64.4 cm³/mol. The van der Waals surface area contributed by atoms with Gasteiger partial charge < -0.3 is 15.2 Å². The molecule has 0 spiro atoms. The monoisotopic (exact) mass is 221 g/mol. The average Bonchev–Trinajstić information content (AvgIpc) is 2.68. The summed E-state index contributed by atoms with van der Waals surface area (Å²) in [5, 5.41) is 13.2. The topological polar surface area (TPSA) is 41.5 Å². The molecule has 0 radical (unpaired) electrons. The first-order valence-electron chi connectivity index (χ1n) is 5.82. The molecular formula is C13H19NO2. The van der Waals surface area contributed by atoms with Gasteiger partial charge in [0.25, 0.3) is 0 Å². The molecule has 3 nitrogen and oxygen atoms in total. The zero-order valence-electron chi connectivity index (χ0n) is 9.65. The molecule has 0 aromatic heterocycles. The fourth-order valence-corrected chi connectivity index (χ4v) is 2.25. The molecule has 0 aliphatic heterocycles. The maximum absolute atomic E-state index is 9.78. The van der Waals surface area contributed by atoms with E-state index in [4.69, 9.17) is 4.74 Å². The lowest BCUT2D eigenvalue weighted by Crippen LogP contribution is -2.28. The molecule has 2 unspecified atom stereocenters. The summed E-state index contributed by atoms with van der Waals surface area (Å²) in [6.45, 7) is 0.603. The first-order chi connectivity index (χ1) is 7.81. The van der Waals surface area contributed by atoms with E-state index in [9.17, 15) is 5.11 Å². The Bertz CT molecular complexity index is 340. The van der Waals surface area contributed by atoms with Crippen LogP contribution in [0.3, 0.4) is 0 Å². The van der Waals surface area contributed by atoms with Crippen molar-refractivity contribution in [2.75, 3.05) is 12.4 Å². The maximum Gasteiger partial charge on any atom is 0.0741 e. The highest BCUT2D eigenvalue weighted by molar-refractivity contribution is 5.51. The number of rotatable bonds is 4. The number of methoxy groups -OCH3 is 1. The molecule has 0 amide bonds. The summed E-state index contributed by atoms with van der Waals surface area (Å²) in [5.41, 5.74) is 2.22. The van der Waals surface area contributed by atoms with E-state index >= 15 is 0 Å². The Hall–Kier alpha value is -1.06. The number of ether oxygens (including phenoxy) is 1. The normalized spacial score (nSPS) is 24.6. The number of aliphatic hydroxyl groups is 1. The van der Waals surface area contributed by atoms with E-state index in [1.54, 1.807) is 7.11 Å². The van der Waals surface area contributed by atoms with Gasteiger partial charge >= 0.3 is 0 Å². The van der Waals surface area contributed by atoms with Crippen LogP contribution in [0.5, 0.6) is 0 Å². The molecule has 16 heavy (non-hydrogen) atoms. The van der Waals surface area contributed by atoms with Crippen molar-refractivity contribution in [2.45, 2.75) is 38.0 Å². The van der Waals surface area contributed by atoms with Crippen LogP contribution in [0.4, 0.5) is 5.69 Å². The zero-order chi connectivity index (χ0) is 11.4. The number of para-hydroxylation sites is 1. The fourth-order valence-electron chi connectivity index (χ4n) is 2.25. The van der Waals surface area contributed by atoms with Crippen LogP contribution in [0.25, 0.3) is 0 Å². The molecule has 0 heterocycles. The zero-order valence-corrected chi connectivity index (χ0v) is 9.65. The molecule has 1 saturated carbocycles. The van der Waals surface area contributed by atoms with Gasteiger partial charge in [0.2, 0.25) is 0 Å². The quantitative estimate of drug-likeness (QED) is 0.818. The van der Waals surface area contributed by atoms with E-state index in [2.05, 4.69) is 5.32 Å². The summed E-state index contributed by atoms with van der Waals surface area (Å²) in [7, 11) is 1.70. The molecular weight excluding hydrogens is 202 g/mol. The Labute approximate surface area is 96.4 Å². The van der Waals surface area contributed by atoms with Crippen LogP contribution in [-0.2, 0) is 11.3 Å². The molecule has 2 atom stereocenters. The first kappa shape index (κ1) is 11.4. The molecule has 1 aromatic rings. The van der Waals surface area contributed by atoms with Gasteiger partial charge in [-0.05, 0) is 25.3 Å². The number of hydrogen-bond acceptors (Lipinski definition) is 3. The minimum atomic E-state index is -0.212. The fraction of sp³-hybridized carbons (Fsp3) is 0.538. The van der Waals surface area contributed by atoms with E-state index in [0.29, 0.717) is 6.61 Å². The molecule has 1 aliphatic carbocycles. The van der Waals surface area contributed by atoms with E-state index in [1.165, 1.54) is 0 Å². The van der Waals surface area contributed by atoms with Crippen molar-refractivity contribution >= 4 is 5.69 Å². The third-order valence-corrected chi connectivity index (χ3v) is 3.14. The smallest absolute Gasteiger partial charge is 0.0741 e. The molecule has 1 aliphatic rings. The second kappa shape index (κ2) is 5.32. The molecule has 1 fully saturated rings. The number of nitrogens with one attached hydrogen (secondary N) is 1. The van der Waals surface area contributed by atoms with Crippen molar-refractivity contribution in [2.24, 2.45) is 0 Å². The predicted octanol–water partition coefficient (Wildman–Crippen LogP) is 2.16. The minimum absolute atomic E-state index is 0.193. The van der Waals surface area contributed by atoms with Gasteiger partial charge in [-0.2, -0.15) is 0 Å². The van der Waals surface area contributed by atoms with Gasteiger partial charge in [-0.25, -0.2) is 0 Å². The standard InChI is InChI=1S/C13H19NO2/c1-16-9-10-5-2-3-6-11(10)14-12-7-4-8-13(12)15/h2-3,5-6,12-15H,4,7-9H2,1H3. The third kappa shape index (κ3) is 2.54. The Morgan fingerprint density at radius 2 is 2.19 bits per heavy atom. The average molecular weight is 221 g/mol. The molecule has 2 N–H and O–H groups in total. The van der Waals surface area contributed by atoms with Gasteiger partial charge in [-0.1, -0.05) is 18.2 Å². The first-order valence-corrected chi connectivity index (χ1v) is 5.82. The summed E-state index contributed by atoms with van der Waals surface area (Å²) < 4.78 is 5.16. The summed E-state index contributed by atoms with van der Waals surface area (Å²) in [6, 6.07) is 8.29. The maximum atomic E-state index is 9.78. The van der Waals surface area contributed by atoms with Crippen molar-refractivity contribution in [3.8, 4) is 0 Å². The number of anilines is 1. The Morgan fingerprint density at radius 3 is 2.88 bits per heavy atom. The van der Waals surface area contributed by atoms with Crippen molar-refractivity contribution < 1.29 is 9.84 Å². The van der Waals surface area contributed by atoms with Gasteiger partial charge in [-0.3, -0.25) is 0 Å². The number of hydrogen-bond donors (Lipinski definition) is 2. The van der Waals surface area contributed by atoms with Crippen molar-refractivity contribution in [3.05, 3.63) is 29.8 Å². The van der Waals surface area contributed by atoms with E-state index in [0.717, 1.165) is 30.5 Å². The van der Waals surface area contributed by atoms with Crippen LogP contribution in [0.15, 0.2) is 24.3 Å². The van der Waals surface area contributed by atoms with Gasteiger partial charge in [0.05, 0.1) is 18.8 Å². The van der Waals surface area contributed by atoms with Gasteiger partial charge in [0, 0.05) is 18.4 Å². The number of aliphatic hydroxyl groups excluding tert-OH is 1. The van der Waals surface area contributed by atoms with Gasteiger partial charge in [0.15, 0.2) is 0 Å². The third-order valence-electron chi connectivity index (χ3n) is 3.14. The van der Waals surface area contributed by atoms with Crippen LogP contribution in [0.2, 0.25) is 0 Å². The minimum Gasteiger partial charge on any atom is -0.391 e. The number of benzene rings is 1. The van der Waals surface area contributed by atoms with Crippen LogP contribution < -0.4 is 5.32 Å². The second-order valence-electron chi connectivity index (χ2n) is 4.34. The van der Waals surface area contributed by atoms with Crippen LogP contribution in [-0.4, -0.2) is 24.4 Å². The van der Waals surface area contributed by atoms with Crippen LogP contribution >= 0.6 is 0 Å². The summed E-state index contributed by atoms with van der Waals surface area (Å²) in [6.07, 6.45) is 2.84. The van der Waals surface area contributed by atoms with Crippen molar-refractivity contribution in [1.82, 2.24) is 0 Å². The summed E-state index contributed by atoms with van der Waals surface area (Å²) in [5.74, 6) is 0. The molecule has 3 heteroatoms. The van der Waals surface area contributed by atoms with Crippen LogP contribution in [0.1, 0.15) is 24.8 Å². The highest BCUT2D eigenvalue weighted by Crippen LogP contribution is 2.25. The summed E-state index contributed by atoms with van der Waals surface area (Å²) in [4.78, 5) is 0. The van der Waals surface area contributed by atoms with E-state index in [-0.39, 0.29) is 12.1 Å². The van der Waals surface area contributed by atoms with Crippen LogP contribution in [0, 0.1) is 0 Å². The highest BCUT2D eigenvalue weighted by atomic mass is 16.5. The Kier molecular flexibility index (Phi) is 3.80. The molecule has 88 valence electrons. The second-order valence-corrected chi connectivity index (χ2v) is 4.34. The van der Waals surface area contributed by atoms with E-state index in [1.807, 2.05) is 24.3 Å². The molecule has 2 rings (SSSR count). The Morgan fingerprint density at radius 1 is 1.38 bits per heavy atom. The van der Waals surface area contributed by atoms with Gasteiger partial charge in [-0.15, -0.1) is 0 Å². The molecule has 0 bridgehead atoms. The van der Waals surface area contributed by atoms with Crippen molar-refractivity contribution in [1.29, 1.82) is 0 Å². The SMILES string of the molecule is COCc1ccccc1NC1CCCC1O. The molecule has 1 aromatic carbocycles. The Balaban J connectivity index is 2.07. The summed E-state index contributed by atoms with van der Waals surface area (Å²) >= 11 is 0. The van der Waals surface area contributed by atoms with E-state index < -0.39 is 0 Å². The lowest BCUT2D eigenvalue weighted by molar-refractivity contribution is 0.171. The lowest BCUT2D eigenvalue weighted by Gasteiger charge is -2.20. The largest absolute Gasteiger partial charge is 0.391 e. The van der Waals surface area contributed by atoms with Gasteiger partial charge in [0.1, 0.15) is 0 Å². The highest BCUT2D eigenvalue weighted by Gasteiger charge is 2.25. The van der Waals surface area contributed by atoms with Crippen molar-refractivity contribution in [3.63, 3.8) is 0 Å². The lowest BCUT2D eigenvalue weighted by atomic mass is 10.1. The molecule has 0 saturated heterocycles.